The quantitative estimate of drug-likeness (QED) is 0.577. The van der Waals surface area contributed by atoms with Crippen molar-refractivity contribution >= 4 is 27.5 Å². The third-order valence-corrected chi connectivity index (χ3v) is 4.09. The van der Waals surface area contributed by atoms with Crippen LogP contribution in [0.5, 0.6) is 11.5 Å². The Morgan fingerprint density at radius 2 is 1.85 bits per heavy atom. The fourth-order valence-corrected chi connectivity index (χ4v) is 2.71. The molecule has 0 spiro atoms. The molecule has 0 fully saturated rings. The van der Waals surface area contributed by atoms with Crippen LogP contribution < -0.4 is 4.74 Å². The molecule has 0 heterocycles. The first-order chi connectivity index (χ1) is 9.51. The van der Waals surface area contributed by atoms with Gasteiger partial charge in [0.2, 0.25) is 0 Å². The van der Waals surface area contributed by atoms with Gasteiger partial charge < -0.3 is 4.74 Å². The van der Waals surface area contributed by atoms with E-state index < -0.39 is 0 Å². The Labute approximate surface area is 134 Å². The molecule has 0 aliphatic rings. The zero-order chi connectivity index (χ0) is 14.7. The smallest absolute Gasteiger partial charge is 0.141 e. The SMILES string of the molecule is Cc1ccc(C(C)C)c(Oc2ccc(CCl)cc2Br)c1. The lowest BCUT2D eigenvalue weighted by molar-refractivity contribution is 0.469. The highest BCUT2D eigenvalue weighted by molar-refractivity contribution is 9.10. The van der Waals surface area contributed by atoms with E-state index in [1.165, 1.54) is 11.1 Å². The molecule has 106 valence electrons. The molecule has 2 aromatic rings. The molecule has 0 N–H and O–H groups in total. The number of alkyl halides is 1. The largest absolute Gasteiger partial charge is 0.456 e. The molecule has 20 heavy (non-hydrogen) atoms. The van der Waals surface area contributed by atoms with Crippen LogP contribution in [0.2, 0.25) is 0 Å². The van der Waals surface area contributed by atoms with Gasteiger partial charge in [-0.25, -0.2) is 0 Å². The van der Waals surface area contributed by atoms with Gasteiger partial charge in [0.1, 0.15) is 11.5 Å². The third kappa shape index (κ3) is 3.56. The number of halogens is 2. The van der Waals surface area contributed by atoms with E-state index >= 15 is 0 Å². The van der Waals surface area contributed by atoms with Crippen molar-refractivity contribution in [3.05, 3.63) is 57.6 Å². The lowest BCUT2D eigenvalue weighted by atomic mass is 10.0. The first-order valence-electron chi connectivity index (χ1n) is 6.64. The first kappa shape index (κ1) is 15.4. The molecular formula is C17H18BrClO. The highest BCUT2D eigenvalue weighted by Crippen LogP contribution is 2.35. The maximum Gasteiger partial charge on any atom is 0.141 e. The van der Waals surface area contributed by atoms with Gasteiger partial charge in [0.25, 0.3) is 0 Å². The maximum absolute atomic E-state index is 6.09. The molecule has 2 rings (SSSR count). The van der Waals surface area contributed by atoms with Crippen LogP contribution in [0.25, 0.3) is 0 Å². The molecular weight excluding hydrogens is 336 g/mol. The zero-order valence-electron chi connectivity index (χ0n) is 11.9. The summed E-state index contributed by atoms with van der Waals surface area (Å²) in [5.41, 5.74) is 3.47. The number of hydrogen-bond donors (Lipinski definition) is 0. The summed E-state index contributed by atoms with van der Waals surface area (Å²) in [6.45, 7) is 6.41. The van der Waals surface area contributed by atoms with Crippen molar-refractivity contribution in [2.45, 2.75) is 32.6 Å². The molecule has 2 aromatic carbocycles. The van der Waals surface area contributed by atoms with E-state index in [9.17, 15) is 0 Å². The molecule has 0 saturated heterocycles. The average Bonchev–Trinajstić information content (AvgIpc) is 2.40. The topological polar surface area (TPSA) is 9.23 Å². The minimum atomic E-state index is 0.423. The van der Waals surface area contributed by atoms with Gasteiger partial charge >= 0.3 is 0 Å². The Bertz CT molecular complexity index is 608. The average molecular weight is 354 g/mol. The van der Waals surface area contributed by atoms with Gasteiger partial charge in [-0.15, -0.1) is 11.6 Å². The molecule has 0 unspecified atom stereocenters. The Morgan fingerprint density at radius 3 is 2.45 bits per heavy atom. The van der Waals surface area contributed by atoms with Crippen LogP contribution in [0, 0.1) is 6.92 Å². The Hall–Kier alpha value is -0.990. The Balaban J connectivity index is 2.36. The van der Waals surface area contributed by atoms with Crippen molar-refractivity contribution in [3.63, 3.8) is 0 Å². The standard InChI is InChI=1S/C17H18BrClO/c1-11(2)14-6-4-12(3)8-17(14)20-16-7-5-13(10-19)9-15(16)18/h4-9,11H,10H2,1-3H3. The number of rotatable bonds is 4. The minimum absolute atomic E-state index is 0.423. The number of ether oxygens (including phenoxy) is 1. The van der Waals surface area contributed by atoms with E-state index in [-0.39, 0.29) is 0 Å². The second kappa shape index (κ2) is 6.64. The van der Waals surface area contributed by atoms with Crippen LogP contribution >= 0.6 is 27.5 Å². The van der Waals surface area contributed by atoms with Crippen molar-refractivity contribution in [2.24, 2.45) is 0 Å². The van der Waals surface area contributed by atoms with Crippen molar-refractivity contribution in [1.82, 2.24) is 0 Å². The van der Waals surface area contributed by atoms with Crippen LogP contribution in [0.1, 0.15) is 36.5 Å². The number of aryl methyl sites for hydroxylation is 1. The summed E-state index contributed by atoms with van der Waals surface area (Å²) in [6.07, 6.45) is 0. The van der Waals surface area contributed by atoms with E-state index in [4.69, 9.17) is 16.3 Å². The van der Waals surface area contributed by atoms with Crippen molar-refractivity contribution in [3.8, 4) is 11.5 Å². The van der Waals surface area contributed by atoms with E-state index in [1.54, 1.807) is 0 Å². The normalized spacial score (nSPS) is 10.9. The first-order valence-corrected chi connectivity index (χ1v) is 7.97. The molecule has 0 atom stereocenters. The van der Waals surface area contributed by atoms with Gasteiger partial charge in [0.05, 0.1) is 4.47 Å². The summed E-state index contributed by atoms with van der Waals surface area (Å²) in [5.74, 6) is 2.65. The summed E-state index contributed by atoms with van der Waals surface area (Å²) in [5, 5.41) is 0. The van der Waals surface area contributed by atoms with E-state index in [0.29, 0.717) is 11.8 Å². The maximum atomic E-state index is 6.09. The fraction of sp³-hybridized carbons (Fsp3) is 0.294. The summed E-state index contributed by atoms with van der Waals surface area (Å²) in [4.78, 5) is 0. The molecule has 0 aliphatic carbocycles. The molecule has 0 saturated carbocycles. The summed E-state index contributed by atoms with van der Waals surface area (Å²) in [6, 6.07) is 12.3. The third-order valence-electron chi connectivity index (χ3n) is 3.16. The Kier molecular flexibility index (Phi) is 5.11. The highest BCUT2D eigenvalue weighted by atomic mass is 79.9. The molecule has 0 radical (unpaired) electrons. The number of hydrogen-bond acceptors (Lipinski definition) is 1. The van der Waals surface area contributed by atoms with Gasteiger partial charge in [-0.05, 0) is 63.7 Å². The molecule has 0 aliphatic heterocycles. The van der Waals surface area contributed by atoms with E-state index in [1.807, 2.05) is 18.2 Å². The molecule has 0 bridgehead atoms. The Morgan fingerprint density at radius 1 is 1.10 bits per heavy atom. The summed E-state index contributed by atoms with van der Waals surface area (Å²) in [7, 11) is 0. The predicted octanol–water partition coefficient (Wildman–Crippen LogP) is 6.41. The van der Waals surface area contributed by atoms with Gasteiger partial charge in [-0.1, -0.05) is 32.0 Å². The van der Waals surface area contributed by atoms with Crippen LogP contribution in [0.3, 0.4) is 0 Å². The number of benzene rings is 2. The highest BCUT2D eigenvalue weighted by Gasteiger charge is 2.11. The second-order valence-electron chi connectivity index (χ2n) is 5.20. The molecule has 0 aromatic heterocycles. The predicted molar refractivity (Wildman–Crippen MR) is 89.0 cm³/mol. The van der Waals surface area contributed by atoms with Crippen molar-refractivity contribution in [1.29, 1.82) is 0 Å². The second-order valence-corrected chi connectivity index (χ2v) is 6.32. The van der Waals surface area contributed by atoms with Crippen molar-refractivity contribution < 1.29 is 4.74 Å². The minimum Gasteiger partial charge on any atom is -0.456 e. The van der Waals surface area contributed by atoms with Gasteiger partial charge in [0, 0.05) is 5.88 Å². The van der Waals surface area contributed by atoms with Gasteiger partial charge in [-0.2, -0.15) is 0 Å². The monoisotopic (exact) mass is 352 g/mol. The summed E-state index contributed by atoms with van der Waals surface area (Å²) >= 11 is 9.38. The lowest BCUT2D eigenvalue weighted by Crippen LogP contribution is -1.95. The lowest BCUT2D eigenvalue weighted by Gasteiger charge is -2.15. The van der Waals surface area contributed by atoms with Gasteiger partial charge in [-0.3, -0.25) is 0 Å². The zero-order valence-corrected chi connectivity index (χ0v) is 14.3. The van der Waals surface area contributed by atoms with E-state index in [2.05, 4.69) is 54.9 Å². The molecule has 1 nitrogen and oxygen atoms in total. The van der Waals surface area contributed by atoms with E-state index in [0.717, 1.165) is 21.5 Å². The fourth-order valence-electron chi connectivity index (χ4n) is 2.04. The summed E-state index contributed by atoms with van der Waals surface area (Å²) < 4.78 is 7.01. The van der Waals surface area contributed by atoms with Crippen LogP contribution in [-0.2, 0) is 5.88 Å². The van der Waals surface area contributed by atoms with Crippen molar-refractivity contribution in [2.75, 3.05) is 0 Å². The molecule has 3 heteroatoms. The van der Waals surface area contributed by atoms with Gasteiger partial charge in [0.15, 0.2) is 0 Å². The van der Waals surface area contributed by atoms with Crippen LogP contribution in [0.15, 0.2) is 40.9 Å². The molecule has 0 amide bonds. The van der Waals surface area contributed by atoms with Crippen LogP contribution in [0.4, 0.5) is 0 Å². The van der Waals surface area contributed by atoms with Crippen LogP contribution in [-0.4, -0.2) is 0 Å².